The van der Waals surface area contributed by atoms with E-state index in [9.17, 15) is 4.79 Å². The van der Waals surface area contributed by atoms with Crippen LogP contribution in [0.4, 0.5) is 0 Å². The third kappa shape index (κ3) is 4.64. The van der Waals surface area contributed by atoms with Crippen molar-refractivity contribution in [2.75, 3.05) is 12.8 Å². The lowest BCUT2D eigenvalue weighted by Gasteiger charge is -2.22. The van der Waals surface area contributed by atoms with Crippen molar-refractivity contribution < 1.29 is 4.79 Å². The Morgan fingerprint density at radius 1 is 1.41 bits per heavy atom. The topological polar surface area (TPSA) is 29.1 Å². The third-order valence-corrected chi connectivity index (χ3v) is 4.80. The van der Waals surface area contributed by atoms with Gasteiger partial charge in [-0.2, -0.15) is 11.8 Å². The van der Waals surface area contributed by atoms with Crippen LogP contribution < -0.4 is 5.32 Å². The zero-order chi connectivity index (χ0) is 13.1. The molecule has 2 nitrogen and oxygen atoms in total. The molecule has 5 heteroatoms. The molecule has 1 amide bonds. The molecular formula is C12H15Br2NOS. The molecule has 0 saturated heterocycles. The summed E-state index contributed by atoms with van der Waals surface area (Å²) in [6.07, 6.45) is 2.04. The fourth-order valence-electron chi connectivity index (χ4n) is 1.13. The van der Waals surface area contributed by atoms with Gasteiger partial charge in [0.2, 0.25) is 0 Å². The highest BCUT2D eigenvalue weighted by molar-refractivity contribution is 9.11. The molecule has 0 atom stereocenters. The molecule has 0 heterocycles. The van der Waals surface area contributed by atoms with E-state index in [4.69, 9.17) is 0 Å². The zero-order valence-electron chi connectivity index (χ0n) is 10.0. The second-order valence-corrected chi connectivity index (χ2v) is 7.55. The van der Waals surface area contributed by atoms with E-state index in [2.05, 4.69) is 51.0 Å². The van der Waals surface area contributed by atoms with Gasteiger partial charge in [0, 0.05) is 20.2 Å². The number of thioether (sulfide) groups is 1. The summed E-state index contributed by atoms with van der Waals surface area (Å²) in [6.45, 7) is 4.86. The predicted molar refractivity (Wildman–Crippen MR) is 81.8 cm³/mol. The van der Waals surface area contributed by atoms with Crippen molar-refractivity contribution >= 4 is 49.5 Å². The highest BCUT2D eigenvalue weighted by Gasteiger charge is 2.18. The first-order chi connectivity index (χ1) is 7.85. The quantitative estimate of drug-likeness (QED) is 0.852. The van der Waals surface area contributed by atoms with Gasteiger partial charge in [-0.1, -0.05) is 15.9 Å². The molecule has 0 fully saturated rings. The lowest BCUT2D eigenvalue weighted by molar-refractivity contribution is 0.0950. The van der Waals surface area contributed by atoms with Crippen LogP contribution in [-0.4, -0.2) is 23.5 Å². The Bertz CT molecular complexity index is 421. The Balaban J connectivity index is 2.71. The summed E-state index contributed by atoms with van der Waals surface area (Å²) in [7, 11) is 0. The highest BCUT2D eigenvalue weighted by Crippen LogP contribution is 2.23. The molecule has 1 aromatic rings. The smallest absolute Gasteiger partial charge is 0.252 e. The number of halogens is 2. The van der Waals surface area contributed by atoms with Crippen LogP contribution in [0.2, 0.25) is 0 Å². The monoisotopic (exact) mass is 379 g/mol. The van der Waals surface area contributed by atoms with Crippen LogP contribution in [0, 0.1) is 0 Å². The molecule has 0 spiro atoms. The molecular weight excluding hydrogens is 366 g/mol. The summed E-state index contributed by atoms with van der Waals surface area (Å²) < 4.78 is 1.80. The fourth-order valence-corrected chi connectivity index (χ4v) is 2.58. The molecule has 0 unspecified atom stereocenters. The molecule has 0 saturated carbocycles. The summed E-state index contributed by atoms with van der Waals surface area (Å²) in [5.74, 6) is -0.0495. The van der Waals surface area contributed by atoms with Gasteiger partial charge in [-0.15, -0.1) is 0 Å². The molecule has 1 N–H and O–H groups in total. The lowest BCUT2D eigenvalue weighted by Crippen LogP contribution is -2.36. The number of hydrogen-bond donors (Lipinski definition) is 1. The van der Waals surface area contributed by atoms with Crippen LogP contribution >= 0.6 is 43.6 Å². The van der Waals surface area contributed by atoms with E-state index in [1.807, 2.05) is 18.4 Å². The minimum Gasteiger partial charge on any atom is -0.351 e. The van der Waals surface area contributed by atoms with Crippen molar-refractivity contribution in [3.8, 4) is 0 Å². The molecule has 1 rings (SSSR count). The fraction of sp³-hybridized carbons (Fsp3) is 0.417. The van der Waals surface area contributed by atoms with Crippen molar-refractivity contribution in [2.45, 2.75) is 18.6 Å². The summed E-state index contributed by atoms with van der Waals surface area (Å²) in [6, 6.07) is 5.53. The Kier molecular flexibility index (Phi) is 5.54. The molecule has 0 bridgehead atoms. The third-order valence-electron chi connectivity index (χ3n) is 2.40. The Morgan fingerprint density at radius 3 is 2.59 bits per heavy atom. The molecule has 0 aromatic heterocycles. The highest BCUT2D eigenvalue weighted by atomic mass is 79.9. The molecule has 0 aliphatic rings. The van der Waals surface area contributed by atoms with Gasteiger partial charge in [0.1, 0.15) is 0 Å². The van der Waals surface area contributed by atoms with Crippen LogP contribution in [0.3, 0.4) is 0 Å². The number of benzene rings is 1. The molecule has 94 valence electrons. The first-order valence-corrected chi connectivity index (χ1v) is 7.95. The van der Waals surface area contributed by atoms with Gasteiger partial charge in [0.25, 0.3) is 5.91 Å². The Labute approximate surface area is 123 Å². The first-order valence-electron chi connectivity index (χ1n) is 5.14. The van der Waals surface area contributed by atoms with E-state index in [1.54, 1.807) is 17.8 Å². The van der Waals surface area contributed by atoms with Crippen molar-refractivity contribution in [3.05, 3.63) is 32.7 Å². The van der Waals surface area contributed by atoms with Crippen LogP contribution in [-0.2, 0) is 0 Å². The van der Waals surface area contributed by atoms with Gasteiger partial charge in [0.05, 0.1) is 5.56 Å². The van der Waals surface area contributed by atoms with E-state index in [0.29, 0.717) is 12.1 Å². The van der Waals surface area contributed by atoms with Gasteiger partial charge in [-0.3, -0.25) is 4.79 Å². The average molecular weight is 381 g/mol. The van der Waals surface area contributed by atoms with Gasteiger partial charge in [-0.05, 0) is 54.2 Å². The first kappa shape index (κ1) is 15.1. The van der Waals surface area contributed by atoms with Crippen LogP contribution in [0.15, 0.2) is 27.1 Å². The maximum Gasteiger partial charge on any atom is 0.252 e. The minimum atomic E-state index is -0.0495. The predicted octanol–water partition coefficient (Wildman–Crippen LogP) is 4.08. The standard InChI is InChI=1S/C12H15Br2NOS/c1-12(2,17-3)7-15-11(16)9-5-4-8(13)6-10(9)14/h4-6H,7H2,1-3H3,(H,15,16). The van der Waals surface area contributed by atoms with Crippen LogP contribution in [0.1, 0.15) is 24.2 Å². The summed E-state index contributed by atoms with van der Waals surface area (Å²) >= 11 is 8.49. The van der Waals surface area contributed by atoms with Crippen molar-refractivity contribution in [3.63, 3.8) is 0 Å². The van der Waals surface area contributed by atoms with Crippen molar-refractivity contribution in [2.24, 2.45) is 0 Å². The average Bonchev–Trinajstić information content (AvgIpc) is 2.26. The van der Waals surface area contributed by atoms with E-state index >= 15 is 0 Å². The number of rotatable bonds is 4. The van der Waals surface area contributed by atoms with E-state index in [0.717, 1.165) is 8.95 Å². The van der Waals surface area contributed by atoms with Crippen molar-refractivity contribution in [1.82, 2.24) is 5.32 Å². The van der Waals surface area contributed by atoms with E-state index < -0.39 is 0 Å². The van der Waals surface area contributed by atoms with Gasteiger partial charge >= 0.3 is 0 Å². The molecule has 0 radical (unpaired) electrons. The second-order valence-electron chi connectivity index (χ2n) is 4.27. The lowest BCUT2D eigenvalue weighted by atomic mass is 10.2. The second kappa shape index (κ2) is 6.25. The minimum absolute atomic E-state index is 0.0495. The summed E-state index contributed by atoms with van der Waals surface area (Å²) in [5, 5.41) is 2.95. The molecule has 17 heavy (non-hydrogen) atoms. The largest absolute Gasteiger partial charge is 0.351 e. The SMILES string of the molecule is CSC(C)(C)CNC(=O)c1ccc(Br)cc1Br. The molecule has 0 aliphatic heterocycles. The van der Waals surface area contributed by atoms with Gasteiger partial charge in [-0.25, -0.2) is 0 Å². The van der Waals surface area contributed by atoms with Gasteiger partial charge < -0.3 is 5.32 Å². The normalized spacial score (nSPS) is 11.4. The summed E-state index contributed by atoms with van der Waals surface area (Å²) in [5.41, 5.74) is 0.658. The maximum absolute atomic E-state index is 12.0. The Morgan fingerprint density at radius 2 is 2.06 bits per heavy atom. The molecule has 0 aliphatic carbocycles. The number of carbonyl (C=O) groups excluding carboxylic acids is 1. The number of carbonyl (C=O) groups is 1. The maximum atomic E-state index is 12.0. The number of nitrogens with one attached hydrogen (secondary N) is 1. The van der Waals surface area contributed by atoms with Crippen LogP contribution in [0.25, 0.3) is 0 Å². The van der Waals surface area contributed by atoms with Crippen LogP contribution in [0.5, 0.6) is 0 Å². The molecule has 1 aromatic carbocycles. The zero-order valence-corrected chi connectivity index (χ0v) is 14.0. The summed E-state index contributed by atoms with van der Waals surface area (Å²) in [4.78, 5) is 12.0. The number of hydrogen-bond acceptors (Lipinski definition) is 2. The van der Waals surface area contributed by atoms with Crippen molar-refractivity contribution in [1.29, 1.82) is 0 Å². The van der Waals surface area contributed by atoms with E-state index in [1.165, 1.54) is 0 Å². The van der Waals surface area contributed by atoms with E-state index in [-0.39, 0.29) is 10.7 Å². The number of amides is 1. The Hall–Kier alpha value is -0.000000000000000111. The van der Waals surface area contributed by atoms with Gasteiger partial charge in [0.15, 0.2) is 0 Å².